The van der Waals surface area contributed by atoms with Crippen LogP contribution in [0.3, 0.4) is 0 Å². The van der Waals surface area contributed by atoms with E-state index in [0.29, 0.717) is 5.02 Å². The summed E-state index contributed by atoms with van der Waals surface area (Å²) in [6, 6.07) is 3.77. The highest BCUT2D eigenvalue weighted by atomic mass is 35.5. The van der Waals surface area contributed by atoms with Crippen LogP contribution >= 0.6 is 11.6 Å². The van der Waals surface area contributed by atoms with Crippen LogP contribution in [-0.4, -0.2) is 25.5 Å². The summed E-state index contributed by atoms with van der Waals surface area (Å²) in [4.78, 5) is 8.82. The van der Waals surface area contributed by atoms with Crippen molar-refractivity contribution in [3.63, 3.8) is 0 Å². The Morgan fingerprint density at radius 2 is 2.20 bits per heavy atom. The van der Waals surface area contributed by atoms with E-state index in [0.717, 1.165) is 36.7 Å². The second kappa shape index (κ2) is 5.64. The Morgan fingerprint density at radius 1 is 1.30 bits per heavy atom. The van der Waals surface area contributed by atoms with E-state index < -0.39 is 0 Å². The predicted molar refractivity (Wildman–Crippen MR) is 78.8 cm³/mol. The highest BCUT2D eigenvalue weighted by Crippen LogP contribution is 2.11. The molecule has 104 valence electrons. The average molecular weight is 290 g/mol. The summed E-state index contributed by atoms with van der Waals surface area (Å²) in [6.07, 6.45) is 8.54. The lowest BCUT2D eigenvalue weighted by Gasteiger charge is -2.03. The number of fused-ring (bicyclic) bond motifs is 1. The number of pyridine rings is 1. The summed E-state index contributed by atoms with van der Waals surface area (Å²) >= 11 is 5.95. The molecule has 0 saturated heterocycles. The second-order valence-electron chi connectivity index (χ2n) is 4.73. The molecule has 3 aromatic rings. The van der Waals surface area contributed by atoms with Crippen LogP contribution in [0.2, 0.25) is 5.02 Å². The minimum Gasteiger partial charge on any atom is -0.338 e. The predicted octanol–water partition coefficient (Wildman–Crippen LogP) is 2.05. The minimum atomic E-state index is 0.712. The highest BCUT2D eigenvalue weighted by Gasteiger charge is 2.02. The molecule has 3 heterocycles. The van der Waals surface area contributed by atoms with Crippen LogP contribution in [-0.2, 0) is 20.0 Å². The van der Waals surface area contributed by atoms with Gasteiger partial charge in [-0.15, -0.1) is 0 Å². The molecule has 0 aliphatic heterocycles. The van der Waals surface area contributed by atoms with E-state index in [2.05, 4.69) is 15.3 Å². The quantitative estimate of drug-likeness (QED) is 0.731. The molecule has 0 saturated carbocycles. The summed E-state index contributed by atoms with van der Waals surface area (Å²) in [5, 5.41) is 4.09. The second-order valence-corrected chi connectivity index (χ2v) is 5.16. The number of hydrogen-bond donors (Lipinski definition) is 1. The van der Waals surface area contributed by atoms with Crippen molar-refractivity contribution in [3.05, 3.63) is 53.5 Å². The van der Waals surface area contributed by atoms with Gasteiger partial charge in [0.1, 0.15) is 11.5 Å². The van der Waals surface area contributed by atoms with Gasteiger partial charge in [-0.1, -0.05) is 11.6 Å². The van der Waals surface area contributed by atoms with Crippen LogP contribution in [0.25, 0.3) is 5.65 Å². The number of halogens is 1. The lowest BCUT2D eigenvalue weighted by Crippen LogP contribution is -2.18. The first kappa shape index (κ1) is 13.1. The third-order valence-corrected chi connectivity index (χ3v) is 3.44. The Kier molecular flexibility index (Phi) is 3.71. The van der Waals surface area contributed by atoms with E-state index in [1.165, 1.54) is 0 Å². The number of nitrogens with one attached hydrogen (secondary N) is 1. The monoisotopic (exact) mass is 289 g/mol. The first-order valence-electron chi connectivity index (χ1n) is 6.52. The lowest BCUT2D eigenvalue weighted by atomic mass is 10.4. The minimum absolute atomic E-state index is 0.712. The molecule has 0 atom stereocenters. The lowest BCUT2D eigenvalue weighted by molar-refractivity contribution is 0.648. The van der Waals surface area contributed by atoms with Crippen molar-refractivity contribution in [1.29, 1.82) is 0 Å². The highest BCUT2D eigenvalue weighted by molar-refractivity contribution is 6.30. The molecule has 0 spiro atoms. The van der Waals surface area contributed by atoms with Crippen molar-refractivity contribution < 1.29 is 0 Å². The Labute approximate surface area is 122 Å². The molecule has 0 aliphatic rings. The molecule has 0 bridgehead atoms. The van der Waals surface area contributed by atoms with E-state index in [4.69, 9.17) is 11.6 Å². The van der Waals surface area contributed by atoms with Crippen molar-refractivity contribution in [3.8, 4) is 0 Å². The summed E-state index contributed by atoms with van der Waals surface area (Å²) in [7, 11) is 2.01. The molecule has 6 heteroatoms. The van der Waals surface area contributed by atoms with Gasteiger partial charge in [-0.05, 0) is 12.1 Å². The summed E-state index contributed by atoms with van der Waals surface area (Å²) in [6.45, 7) is 1.61. The number of rotatable bonds is 5. The fraction of sp³-hybridized carbons (Fsp3) is 0.286. The van der Waals surface area contributed by atoms with Crippen LogP contribution in [0.5, 0.6) is 0 Å². The molecule has 5 nitrogen and oxygen atoms in total. The first-order chi connectivity index (χ1) is 9.72. The van der Waals surface area contributed by atoms with E-state index in [9.17, 15) is 0 Å². The molecule has 0 amide bonds. The van der Waals surface area contributed by atoms with Crippen molar-refractivity contribution >= 4 is 17.2 Å². The maximum Gasteiger partial charge on any atom is 0.137 e. The summed E-state index contributed by atoms with van der Waals surface area (Å²) in [5.41, 5.74) is 1.92. The number of aromatic nitrogens is 4. The third-order valence-electron chi connectivity index (χ3n) is 3.22. The molecule has 20 heavy (non-hydrogen) atoms. The van der Waals surface area contributed by atoms with Gasteiger partial charge in [0, 0.05) is 51.3 Å². The smallest absolute Gasteiger partial charge is 0.137 e. The van der Waals surface area contributed by atoms with Crippen molar-refractivity contribution in [2.24, 2.45) is 7.05 Å². The Balaban J connectivity index is 1.56. The summed E-state index contributed by atoms with van der Waals surface area (Å²) in [5.74, 6) is 1.08. The molecule has 0 aromatic carbocycles. The van der Waals surface area contributed by atoms with Crippen LogP contribution in [0.1, 0.15) is 11.5 Å². The zero-order valence-electron chi connectivity index (χ0n) is 11.3. The topological polar surface area (TPSA) is 47.2 Å². The fourth-order valence-corrected chi connectivity index (χ4v) is 2.32. The van der Waals surface area contributed by atoms with Gasteiger partial charge in [0.05, 0.1) is 10.7 Å². The van der Waals surface area contributed by atoms with Gasteiger partial charge in [-0.2, -0.15) is 0 Å². The van der Waals surface area contributed by atoms with E-state index in [-0.39, 0.29) is 0 Å². The Hall–Kier alpha value is -1.85. The van der Waals surface area contributed by atoms with E-state index in [1.807, 2.05) is 52.9 Å². The van der Waals surface area contributed by atoms with Crippen LogP contribution in [0.15, 0.2) is 36.9 Å². The molecule has 3 rings (SSSR count). The molecule has 0 aliphatic carbocycles. The number of hydrogen-bond acceptors (Lipinski definition) is 3. The van der Waals surface area contributed by atoms with Gasteiger partial charge in [0.25, 0.3) is 0 Å². The van der Waals surface area contributed by atoms with Gasteiger partial charge < -0.3 is 14.3 Å². The van der Waals surface area contributed by atoms with Crippen molar-refractivity contribution in [2.45, 2.75) is 13.0 Å². The number of aryl methyl sites for hydroxylation is 1. The Bertz CT molecular complexity index is 715. The Morgan fingerprint density at radius 3 is 3.00 bits per heavy atom. The maximum absolute atomic E-state index is 5.95. The summed E-state index contributed by atoms with van der Waals surface area (Å²) < 4.78 is 3.98. The SMILES string of the molecule is Cn1ccnc1CCNCc1cn2cc(Cl)ccc2n1. The number of nitrogens with zero attached hydrogens (tertiary/aromatic N) is 4. The van der Waals surface area contributed by atoms with Gasteiger partial charge in [-0.3, -0.25) is 0 Å². The van der Waals surface area contributed by atoms with Crippen molar-refractivity contribution in [2.75, 3.05) is 6.54 Å². The van der Waals surface area contributed by atoms with Gasteiger partial charge in [0.2, 0.25) is 0 Å². The number of imidazole rings is 2. The van der Waals surface area contributed by atoms with Crippen molar-refractivity contribution in [1.82, 2.24) is 24.3 Å². The van der Waals surface area contributed by atoms with Crippen LogP contribution < -0.4 is 5.32 Å². The third kappa shape index (κ3) is 2.84. The zero-order valence-corrected chi connectivity index (χ0v) is 12.0. The molecular weight excluding hydrogens is 274 g/mol. The van der Waals surface area contributed by atoms with Gasteiger partial charge in [0.15, 0.2) is 0 Å². The molecule has 0 fully saturated rings. The molecule has 0 radical (unpaired) electrons. The fourth-order valence-electron chi connectivity index (χ4n) is 2.16. The molecule has 0 unspecified atom stereocenters. The molecule has 1 N–H and O–H groups in total. The largest absolute Gasteiger partial charge is 0.338 e. The van der Waals surface area contributed by atoms with E-state index in [1.54, 1.807) is 0 Å². The van der Waals surface area contributed by atoms with Crippen LogP contribution in [0, 0.1) is 0 Å². The normalized spacial score (nSPS) is 11.3. The van der Waals surface area contributed by atoms with Gasteiger partial charge in [-0.25, -0.2) is 9.97 Å². The van der Waals surface area contributed by atoms with E-state index >= 15 is 0 Å². The zero-order chi connectivity index (χ0) is 13.9. The average Bonchev–Trinajstić information content (AvgIpc) is 3.00. The molecular formula is C14H16ClN5. The van der Waals surface area contributed by atoms with Crippen LogP contribution in [0.4, 0.5) is 0 Å². The standard InChI is InChI=1S/C14H16ClN5/c1-19-7-6-17-13(19)4-5-16-8-12-10-20-9-11(15)2-3-14(20)18-12/h2-3,6-7,9-10,16H,4-5,8H2,1H3. The first-order valence-corrected chi connectivity index (χ1v) is 6.90. The maximum atomic E-state index is 5.95. The molecule has 3 aromatic heterocycles. The van der Waals surface area contributed by atoms with Gasteiger partial charge >= 0.3 is 0 Å².